The molecule has 1 atom stereocenters. The molecule has 236 valence electrons. The molecule has 0 aliphatic rings. The van der Waals surface area contributed by atoms with Crippen LogP contribution in [0.4, 0.5) is 16.2 Å². The lowest BCUT2D eigenvalue weighted by Crippen LogP contribution is -2.24. The molecule has 0 spiro atoms. The Hall–Kier alpha value is -5.70. The Morgan fingerprint density at radius 2 is 1.51 bits per heavy atom. The third kappa shape index (κ3) is 8.12. The Labute approximate surface area is 273 Å². The highest BCUT2D eigenvalue weighted by Gasteiger charge is 2.15. The number of benzene rings is 5. The van der Waals surface area contributed by atoms with Crippen molar-refractivity contribution in [2.75, 3.05) is 23.7 Å². The number of anilines is 2. The van der Waals surface area contributed by atoms with Gasteiger partial charge in [-0.3, -0.25) is 4.79 Å². The zero-order valence-corrected chi connectivity index (χ0v) is 25.8. The molecule has 2 amide bonds. The number of fused-ring (bicyclic) bond motifs is 1. The number of amides is 2. The first-order valence-corrected chi connectivity index (χ1v) is 15.6. The summed E-state index contributed by atoms with van der Waals surface area (Å²) in [6.07, 6.45) is -0.108. The number of ether oxygens (including phenoxy) is 1. The van der Waals surface area contributed by atoms with Gasteiger partial charge < -0.3 is 30.8 Å². The highest BCUT2D eigenvalue weighted by atomic mass is 16.5. The first-order valence-electron chi connectivity index (χ1n) is 15.6. The molecule has 0 aliphatic heterocycles. The number of urea groups is 1. The van der Waals surface area contributed by atoms with E-state index in [1.165, 1.54) is 6.07 Å². The molecule has 0 radical (unpaired) electrons. The molecule has 1 heterocycles. The van der Waals surface area contributed by atoms with E-state index in [-0.39, 0.29) is 11.6 Å². The molecule has 0 fully saturated rings. The minimum absolute atomic E-state index is 0.238. The van der Waals surface area contributed by atoms with Gasteiger partial charge in [0.15, 0.2) is 0 Å². The predicted molar refractivity (Wildman–Crippen MR) is 188 cm³/mol. The van der Waals surface area contributed by atoms with Gasteiger partial charge in [-0.2, -0.15) is 0 Å². The number of nitrogens with one attached hydrogen (secondary N) is 4. The van der Waals surface area contributed by atoms with E-state index in [4.69, 9.17) is 4.74 Å². The summed E-state index contributed by atoms with van der Waals surface area (Å²) in [7, 11) is 0. The predicted octanol–water partition coefficient (Wildman–Crippen LogP) is 7.28. The van der Waals surface area contributed by atoms with E-state index < -0.39 is 6.10 Å². The second-order valence-electron chi connectivity index (χ2n) is 11.2. The van der Waals surface area contributed by atoms with Crippen LogP contribution in [-0.2, 0) is 13.0 Å². The molecular weight excluding hydrogens is 588 g/mol. The molecule has 5 aromatic carbocycles. The van der Waals surface area contributed by atoms with Gasteiger partial charge in [-0.1, -0.05) is 97.1 Å². The number of aromatic nitrogens is 1. The van der Waals surface area contributed by atoms with Crippen molar-refractivity contribution >= 4 is 28.3 Å². The minimum Gasteiger partial charge on any atom is -0.487 e. The summed E-state index contributed by atoms with van der Waals surface area (Å²) in [5, 5.41) is 21.1. The lowest BCUT2D eigenvalue weighted by Gasteiger charge is -2.17. The molecule has 47 heavy (non-hydrogen) atoms. The highest BCUT2D eigenvalue weighted by molar-refractivity contribution is 6.02. The van der Waals surface area contributed by atoms with Crippen molar-refractivity contribution in [1.82, 2.24) is 10.3 Å². The standard InChI is InChI=1S/C39H36N4O4/c44-35(32-18-20-36(38-33(32)19-21-37(45)43-38)47-26-28-10-3-1-4-11-28)25-40-23-22-27-12-9-15-30(24-27)41-39(46)42-34-17-8-7-16-31(34)29-13-5-2-6-14-29/h1-21,24,35,40,44H,22-23,25-26H2,(H,43,45)(H2,41,42,46). The van der Waals surface area contributed by atoms with E-state index in [1.807, 2.05) is 115 Å². The largest absolute Gasteiger partial charge is 0.487 e. The van der Waals surface area contributed by atoms with Crippen molar-refractivity contribution in [2.24, 2.45) is 0 Å². The molecule has 1 unspecified atom stereocenters. The average molecular weight is 625 g/mol. The van der Waals surface area contributed by atoms with E-state index in [0.29, 0.717) is 48.6 Å². The smallest absolute Gasteiger partial charge is 0.323 e. The summed E-state index contributed by atoms with van der Waals surface area (Å²) in [4.78, 5) is 27.9. The molecule has 0 bridgehead atoms. The number of hydrogen-bond acceptors (Lipinski definition) is 5. The molecule has 0 aliphatic carbocycles. The molecule has 8 nitrogen and oxygen atoms in total. The van der Waals surface area contributed by atoms with Crippen LogP contribution in [0.15, 0.2) is 138 Å². The van der Waals surface area contributed by atoms with Crippen LogP contribution >= 0.6 is 0 Å². The van der Waals surface area contributed by atoms with Gasteiger partial charge in [0.25, 0.3) is 0 Å². The molecule has 6 rings (SSSR count). The lowest BCUT2D eigenvalue weighted by atomic mass is 10.0. The lowest BCUT2D eigenvalue weighted by molar-refractivity contribution is 0.176. The molecule has 8 heteroatoms. The van der Waals surface area contributed by atoms with Crippen molar-refractivity contribution in [2.45, 2.75) is 19.1 Å². The van der Waals surface area contributed by atoms with Gasteiger partial charge in [-0.05, 0) is 65.6 Å². The summed E-state index contributed by atoms with van der Waals surface area (Å²) in [6.45, 7) is 1.30. The van der Waals surface area contributed by atoms with E-state index in [9.17, 15) is 14.7 Å². The van der Waals surface area contributed by atoms with Crippen LogP contribution in [0.5, 0.6) is 5.75 Å². The SMILES string of the molecule is O=C(Nc1cccc(CCNCC(O)c2ccc(OCc3ccccc3)c3[nH]c(=O)ccc23)c1)Nc1ccccc1-c1ccccc1. The Balaban J connectivity index is 1.03. The van der Waals surface area contributed by atoms with Crippen LogP contribution in [0.1, 0.15) is 22.8 Å². The first-order chi connectivity index (χ1) is 23.0. The van der Waals surface area contributed by atoms with Crippen LogP contribution in [0.25, 0.3) is 22.0 Å². The number of hydrogen-bond donors (Lipinski definition) is 5. The first kappa shape index (κ1) is 31.3. The van der Waals surface area contributed by atoms with E-state index >= 15 is 0 Å². The zero-order valence-electron chi connectivity index (χ0n) is 25.8. The summed E-state index contributed by atoms with van der Waals surface area (Å²) in [5.41, 5.74) is 6.45. The number of aromatic amines is 1. The van der Waals surface area contributed by atoms with Gasteiger partial charge in [0.1, 0.15) is 12.4 Å². The summed E-state index contributed by atoms with van der Waals surface area (Å²) >= 11 is 0. The Morgan fingerprint density at radius 1 is 0.766 bits per heavy atom. The fourth-order valence-corrected chi connectivity index (χ4v) is 5.53. The number of rotatable bonds is 12. The van der Waals surface area contributed by atoms with Gasteiger partial charge in [0, 0.05) is 29.2 Å². The Kier molecular flexibility index (Phi) is 10.0. The number of carbonyl (C=O) groups excluding carboxylic acids is 1. The van der Waals surface area contributed by atoms with Gasteiger partial charge >= 0.3 is 6.03 Å². The minimum atomic E-state index is -0.804. The van der Waals surface area contributed by atoms with Gasteiger partial charge in [-0.25, -0.2) is 4.79 Å². The van der Waals surface area contributed by atoms with Crippen molar-refractivity contribution in [3.63, 3.8) is 0 Å². The summed E-state index contributed by atoms with van der Waals surface area (Å²) < 4.78 is 6.03. The van der Waals surface area contributed by atoms with E-state index in [0.717, 1.165) is 33.3 Å². The Bertz CT molecular complexity index is 2010. The fraction of sp³-hybridized carbons (Fsp3) is 0.128. The van der Waals surface area contributed by atoms with Crippen LogP contribution in [0.2, 0.25) is 0 Å². The third-order valence-corrected chi connectivity index (χ3v) is 7.86. The van der Waals surface area contributed by atoms with Crippen molar-refractivity contribution in [3.8, 4) is 16.9 Å². The maximum Gasteiger partial charge on any atom is 0.323 e. The maximum absolute atomic E-state index is 12.9. The highest BCUT2D eigenvalue weighted by Crippen LogP contribution is 2.30. The normalized spacial score (nSPS) is 11.6. The molecular formula is C39H36N4O4. The van der Waals surface area contributed by atoms with Crippen molar-refractivity contribution in [3.05, 3.63) is 161 Å². The number of aliphatic hydroxyl groups is 1. The number of H-pyrrole nitrogens is 1. The second-order valence-corrected chi connectivity index (χ2v) is 11.2. The number of carbonyl (C=O) groups is 1. The van der Waals surface area contributed by atoms with Gasteiger partial charge in [-0.15, -0.1) is 0 Å². The molecule has 6 aromatic rings. The zero-order chi connectivity index (χ0) is 32.4. The molecule has 0 saturated carbocycles. The number of pyridine rings is 1. The van der Waals surface area contributed by atoms with E-state index in [1.54, 1.807) is 12.1 Å². The maximum atomic E-state index is 12.9. The molecule has 0 saturated heterocycles. The second kappa shape index (κ2) is 15.1. The van der Waals surface area contributed by atoms with Crippen LogP contribution in [-0.4, -0.2) is 29.2 Å². The van der Waals surface area contributed by atoms with E-state index in [2.05, 4.69) is 20.9 Å². The third-order valence-electron chi connectivity index (χ3n) is 7.86. The van der Waals surface area contributed by atoms with Crippen LogP contribution in [0.3, 0.4) is 0 Å². The number of para-hydroxylation sites is 1. The molecule has 1 aromatic heterocycles. The Morgan fingerprint density at radius 3 is 2.34 bits per heavy atom. The quantitative estimate of drug-likeness (QED) is 0.0918. The van der Waals surface area contributed by atoms with Crippen molar-refractivity contribution < 1.29 is 14.6 Å². The summed E-state index contributed by atoms with van der Waals surface area (Å²) in [6, 6.07) is 41.6. The topological polar surface area (TPSA) is 115 Å². The van der Waals surface area contributed by atoms with Crippen LogP contribution in [0, 0.1) is 0 Å². The average Bonchev–Trinajstić information content (AvgIpc) is 3.10. The molecule has 5 N–H and O–H groups in total. The fourth-order valence-electron chi connectivity index (χ4n) is 5.53. The van der Waals surface area contributed by atoms with Crippen LogP contribution < -0.4 is 26.2 Å². The summed E-state index contributed by atoms with van der Waals surface area (Å²) in [5.74, 6) is 0.549. The van der Waals surface area contributed by atoms with Crippen molar-refractivity contribution in [1.29, 1.82) is 0 Å². The van der Waals surface area contributed by atoms with Gasteiger partial charge in [0.2, 0.25) is 5.56 Å². The van der Waals surface area contributed by atoms with Gasteiger partial charge in [0.05, 0.1) is 17.3 Å². The monoisotopic (exact) mass is 624 g/mol. The number of aliphatic hydroxyl groups excluding tert-OH is 1.